The summed E-state index contributed by atoms with van der Waals surface area (Å²) in [7, 11) is 0. The van der Waals surface area contributed by atoms with Crippen LogP contribution in [0.1, 0.15) is 5.56 Å². The zero-order chi connectivity index (χ0) is 15.9. The highest BCUT2D eigenvalue weighted by atomic mass is 19.4. The number of benzene rings is 1. The molecule has 0 aromatic heterocycles. The summed E-state index contributed by atoms with van der Waals surface area (Å²) in [6.45, 7) is 5.21. The molecule has 0 spiro atoms. The van der Waals surface area contributed by atoms with E-state index in [9.17, 15) is 17.6 Å². The van der Waals surface area contributed by atoms with Crippen LogP contribution in [0.2, 0.25) is 0 Å². The van der Waals surface area contributed by atoms with Crippen molar-refractivity contribution in [2.45, 2.75) is 12.7 Å². The minimum Gasteiger partial charge on any atom is -0.475 e. The van der Waals surface area contributed by atoms with E-state index in [-0.39, 0.29) is 5.82 Å². The minimum absolute atomic E-state index is 0.158. The summed E-state index contributed by atoms with van der Waals surface area (Å²) in [5, 5.41) is 10.4. The van der Waals surface area contributed by atoms with Gasteiger partial charge >= 0.3 is 12.1 Å². The molecule has 0 bridgehead atoms. The average molecular weight is 308 g/mol. The highest BCUT2D eigenvalue weighted by molar-refractivity contribution is 5.73. The lowest BCUT2D eigenvalue weighted by molar-refractivity contribution is -0.192. The Morgan fingerprint density at radius 2 is 1.67 bits per heavy atom. The molecule has 1 aromatic rings. The molecule has 1 fully saturated rings. The molecule has 1 aliphatic rings. The van der Waals surface area contributed by atoms with E-state index >= 15 is 0 Å². The average Bonchev–Trinajstić information content (AvgIpc) is 2.42. The van der Waals surface area contributed by atoms with Crippen molar-refractivity contribution in [1.29, 1.82) is 0 Å². The number of hydrogen-bond acceptors (Lipinski definition) is 3. The Bertz CT molecular complexity index is 442. The van der Waals surface area contributed by atoms with Gasteiger partial charge in [0.05, 0.1) is 0 Å². The lowest BCUT2D eigenvalue weighted by Crippen LogP contribution is -2.42. The largest absolute Gasteiger partial charge is 0.490 e. The van der Waals surface area contributed by atoms with Gasteiger partial charge in [-0.05, 0) is 17.7 Å². The predicted molar refractivity (Wildman–Crippen MR) is 68.2 cm³/mol. The summed E-state index contributed by atoms with van der Waals surface area (Å²) < 4.78 is 44.4. The van der Waals surface area contributed by atoms with Gasteiger partial charge in [0.15, 0.2) is 0 Å². The first kappa shape index (κ1) is 17.4. The lowest BCUT2D eigenvalue weighted by atomic mass is 10.2. The molecule has 0 amide bonds. The molecule has 1 saturated heterocycles. The predicted octanol–water partition coefficient (Wildman–Crippen LogP) is 1.86. The second-order valence-electron chi connectivity index (χ2n) is 4.46. The summed E-state index contributed by atoms with van der Waals surface area (Å²) in [6, 6.07) is 6.77. The molecule has 21 heavy (non-hydrogen) atoms. The molecular formula is C13H16F4N2O2. The second kappa shape index (κ2) is 7.94. The number of carboxylic acids is 1. The number of carboxylic acid groups (broad SMARTS) is 1. The van der Waals surface area contributed by atoms with Gasteiger partial charge in [-0.3, -0.25) is 4.90 Å². The van der Waals surface area contributed by atoms with Crippen molar-refractivity contribution in [2.75, 3.05) is 26.2 Å². The van der Waals surface area contributed by atoms with Crippen molar-refractivity contribution in [3.63, 3.8) is 0 Å². The van der Waals surface area contributed by atoms with Gasteiger partial charge in [-0.2, -0.15) is 13.2 Å². The standard InChI is InChI=1S/C11H15FN2.C2HF3O2/c12-11-3-1-10(2-4-11)9-14-7-5-13-6-8-14;3-2(4,5)1(6)7/h1-4,13H,5-9H2;(H,6,7). The van der Waals surface area contributed by atoms with Crippen molar-refractivity contribution in [3.8, 4) is 0 Å². The third-order valence-electron chi connectivity index (χ3n) is 2.77. The summed E-state index contributed by atoms with van der Waals surface area (Å²) in [4.78, 5) is 11.3. The Hall–Kier alpha value is -1.67. The van der Waals surface area contributed by atoms with E-state index in [1.54, 1.807) is 0 Å². The fourth-order valence-electron chi connectivity index (χ4n) is 1.72. The van der Waals surface area contributed by atoms with E-state index in [4.69, 9.17) is 9.90 Å². The van der Waals surface area contributed by atoms with E-state index in [2.05, 4.69) is 10.2 Å². The summed E-state index contributed by atoms with van der Waals surface area (Å²) in [5.41, 5.74) is 1.19. The van der Waals surface area contributed by atoms with Crippen molar-refractivity contribution < 1.29 is 27.5 Å². The van der Waals surface area contributed by atoms with Gasteiger partial charge in [-0.1, -0.05) is 12.1 Å². The maximum atomic E-state index is 12.6. The molecule has 8 heteroatoms. The molecule has 1 aliphatic heterocycles. The summed E-state index contributed by atoms with van der Waals surface area (Å²) in [5.74, 6) is -2.92. The van der Waals surface area contributed by atoms with E-state index in [1.165, 1.54) is 17.7 Å². The fraction of sp³-hybridized carbons (Fsp3) is 0.462. The molecule has 4 nitrogen and oxygen atoms in total. The molecule has 2 N–H and O–H groups in total. The van der Waals surface area contributed by atoms with E-state index in [0.29, 0.717) is 0 Å². The highest BCUT2D eigenvalue weighted by Gasteiger charge is 2.38. The molecule has 0 atom stereocenters. The molecular weight excluding hydrogens is 292 g/mol. The molecule has 1 heterocycles. The third kappa shape index (κ3) is 7.05. The van der Waals surface area contributed by atoms with Crippen LogP contribution in [0, 0.1) is 5.82 Å². The summed E-state index contributed by atoms with van der Waals surface area (Å²) >= 11 is 0. The first-order valence-electron chi connectivity index (χ1n) is 6.26. The van der Waals surface area contributed by atoms with Gasteiger partial charge in [-0.25, -0.2) is 9.18 Å². The van der Waals surface area contributed by atoms with Gasteiger partial charge in [0, 0.05) is 32.7 Å². The lowest BCUT2D eigenvalue weighted by Gasteiger charge is -2.27. The van der Waals surface area contributed by atoms with Crippen molar-refractivity contribution >= 4 is 5.97 Å². The van der Waals surface area contributed by atoms with Crippen LogP contribution in [0.4, 0.5) is 17.6 Å². The monoisotopic (exact) mass is 308 g/mol. The quantitative estimate of drug-likeness (QED) is 0.819. The third-order valence-corrected chi connectivity index (χ3v) is 2.77. The number of nitrogens with zero attached hydrogens (tertiary/aromatic N) is 1. The maximum absolute atomic E-state index is 12.6. The van der Waals surface area contributed by atoms with Crippen LogP contribution in [-0.4, -0.2) is 48.3 Å². The summed E-state index contributed by atoms with van der Waals surface area (Å²) in [6.07, 6.45) is -5.08. The number of alkyl halides is 3. The molecule has 0 radical (unpaired) electrons. The molecule has 1 aromatic carbocycles. The number of aliphatic carboxylic acids is 1. The smallest absolute Gasteiger partial charge is 0.475 e. The Kier molecular flexibility index (Phi) is 6.57. The Morgan fingerprint density at radius 1 is 1.19 bits per heavy atom. The van der Waals surface area contributed by atoms with Gasteiger partial charge in [-0.15, -0.1) is 0 Å². The Morgan fingerprint density at radius 3 is 2.10 bits per heavy atom. The van der Waals surface area contributed by atoms with Crippen LogP contribution >= 0.6 is 0 Å². The topological polar surface area (TPSA) is 52.6 Å². The van der Waals surface area contributed by atoms with E-state index < -0.39 is 12.1 Å². The first-order valence-corrected chi connectivity index (χ1v) is 6.26. The number of hydrogen-bond donors (Lipinski definition) is 2. The molecule has 2 rings (SSSR count). The normalized spacial score (nSPS) is 16.0. The van der Waals surface area contributed by atoms with Crippen LogP contribution in [0.3, 0.4) is 0 Å². The van der Waals surface area contributed by atoms with E-state index in [1.807, 2.05) is 12.1 Å². The van der Waals surface area contributed by atoms with Crippen molar-refractivity contribution in [1.82, 2.24) is 10.2 Å². The van der Waals surface area contributed by atoms with E-state index in [0.717, 1.165) is 32.7 Å². The second-order valence-corrected chi connectivity index (χ2v) is 4.46. The first-order chi connectivity index (χ1) is 9.79. The van der Waals surface area contributed by atoms with Crippen LogP contribution in [0.5, 0.6) is 0 Å². The zero-order valence-corrected chi connectivity index (χ0v) is 11.2. The Labute approximate surface area is 119 Å². The molecule has 0 aliphatic carbocycles. The minimum atomic E-state index is -5.08. The zero-order valence-electron chi connectivity index (χ0n) is 11.2. The number of halogens is 4. The number of piperazine rings is 1. The van der Waals surface area contributed by atoms with Gasteiger partial charge in [0.2, 0.25) is 0 Å². The highest BCUT2D eigenvalue weighted by Crippen LogP contribution is 2.13. The molecule has 0 saturated carbocycles. The molecule has 0 unspecified atom stereocenters. The number of rotatable bonds is 2. The SMILES string of the molecule is Fc1ccc(CN2CCNCC2)cc1.O=C(O)C(F)(F)F. The number of carbonyl (C=O) groups is 1. The fourth-order valence-corrected chi connectivity index (χ4v) is 1.72. The van der Waals surface area contributed by atoms with Crippen molar-refractivity contribution in [3.05, 3.63) is 35.6 Å². The number of nitrogens with one attached hydrogen (secondary N) is 1. The van der Waals surface area contributed by atoms with Gasteiger partial charge in [0.25, 0.3) is 0 Å². The van der Waals surface area contributed by atoms with Crippen LogP contribution in [-0.2, 0) is 11.3 Å². The van der Waals surface area contributed by atoms with Gasteiger partial charge in [0.1, 0.15) is 5.82 Å². The Balaban J connectivity index is 0.000000270. The van der Waals surface area contributed by atoms with Crippen LogP contribution < -0.4 is 5.32 Å². The van der Waals surface area contributed by atoms with Crippen LogP contribution in [0.15, 0.2) is 24.3 Å². The van der Waals surface area contributed by atoms with Crippen molar-refractivity contribution in [2.24, 2.45) is 0 Å². The van der Waals surface area contributed by atoms with Gasteiger partial charge < -0.3 is 10.4 Å². The van der Waals surface area contributed by atoms with Crippen LogP contribution in [0.25, 0.3) is 0 Å². The molecule has 118 valence electrons. The maximum Gasteiger partial charge on any atom is 0.490 e.